The van der Waals surface area contributed by atoms with E-state index < -0.39 is 17.2 Å². The second-order valence-electron chi connectivity index (χ2n) is 6.86. The van der Waals surface area contributed by atoms with E-state index in [1.807, 2.05) is 6.92 Å². The molecule has 0 spiro atoms. The first kappa shape index (κ1) is 21.2. The second kappa shape index (κ2) is 7.39. The van der Waals surface area contributed by atoms with Crippen LogP contribution in [0.4, 0.5) is 13.2 Å². The van der Waals surface area contributed by atoms with Crippen LogP contribution in [0.15, 0.2) is 35.1 Å². The molecule has 10 heteroatoms. The van der Waals surface area contributed by atoms with E-state index in [0.29, 0.717) is 11.0 Å². The van der Waals surface area contributed by atoms with Crippen molar-refractivity contribution in [3.05, 3.63) is 57.3 Å². The molecule has 0 aliphatic heterocycles. The molecule has 1 atom stereocenters. The van der Waals surface area contributed by atoms with E-state index in [0.717, 1.165) is 22.2 Å². The number of benzene rings is 1. The van der Waals surface area contributed by atoms with Gasteiger partial charge in [0.1, 0.15) is 16.0 Å². The number of alkyl halides is 3. The van der Waals surface area contributed by atoms with E-state index in [9.17, 15) is 18.4 Å². The lowest BCUT2D eigenvalue weighted by Crippen LogP contribution is -2.30. The van der Waals surface area contributed by atoms with E-state index in [4.69, 9.17) is 18.0 Å². The first-order valence-electron chi connectivity index (χ1n) is 8.37. The van der Waals surface area contributed by atoms with Crippen molar-refractivity contribution in [2.75, 3.05) is 0 Å². The van der Waals surface area contributed by atoms with E-state index >= 15 is 0 Å². The fraction of sp³-hybridized carbons (Fsp3) is 0.263. The highest BCUT2D eigenvalue weighted by Gasteiger charge is 2.36. The Bertz CT molecular complexity index is 1170. The van der Waals surface area contributed by atoms with Gasteiger partial charge in [0.2, 0.25) is 0 Å². The maximum Gasteiger partial charge on any atom is 0.416 e. The molecule has 3 rings (SSSR count). The van der Waals surface area contributed by atoms with Gasteiger partial charge in [-0.15, -0.1) is 0 Å². The van der Waals surface area contributed by atoms with Gasteiger partial charge in [-0.3, -0.25) is 9.67 Å². The topological polar surface area (TPSA) is 80.5 Å². The van der Waals surface area contributed by atoms with E-state index in [1.54, 1.807) is 12.4 Å². The SMILES string of the molecule is Cc1c(Br)cnc2cn(CC(C)(C#N)c3cc(C(F)(F)F)ccc3C(N)=S)nc12. The minimum atomic E-state index is -4.56. The number of aryl methyl sites for hydroxylation is 1. The zero-order valence-corrected chi connectivity index (χ0v) is 17.8. The summed E-state index contributed by atoms with van der Waals surface area (Å²) in [5.74, 6) is 0. The molecular weight excluding hydrogens is 467 g/mol. The Labute approximate surface area is 178 Å². The van der Waals surface area contributed by atoms with Gasteiger partial charge in [0.15, 0.2) is 0 Å². The number of hydrogen-bond donors (Lipinski definition) is 1. The van der Waals surface area contributed by atoms with Crippen LogP contribution < -0.4 is 5.73 Å². The van der Waals surface area contributed by atoms with Crippen molar-refractivity contribution in [1.82, 2.24) is 14.8 Å². The van der Waals surface area contributed by atoms with Gasteiger partial charge < -0.3 is 5.73 Å². The summed E-state index contributed by atoms with van der Waals surface area (Å²) in [6, 6.07) is 5.16. The lowest BCUT2D eigenvalue weighted by molar-refractivity contribution is -0.137. The summed E-state index contributed by atoms with van der Waals surface area (Å²) >= 11 is 8.39. The Morgan fingerprint density at radius 1 is 1.38 bits per heavy atom. The molecule has 0 aliphatic rings. The molecule has 0 bridgehead atoms. The van der Waals surface area contributed by atoms with Gasteiger partial charge in [-0.25, -0.2) is 0 Å². The quantitative estimate of drug-likeness (QED) is 0.549. The van der Waals surface area contributed by atoms with Gasteiger partial charge in [0, 0.05) is 16.2 Å². The third-order valence-electron chi connectivity index (χ3n) is 4.70. The van der Waals surface area contributed by atoms with Gasteiger partial charge in [-0.2, -0.15) is 23.5 Å². The van der Waals surface area contributed by atoms with Crippen LogP contribution in [0.3, 0.4) is 0 Å². The third kappa shape index (κ3) is 3.97. The second-order valence-corrected chi connectivity index (χ2v) is 8.15. The van der Waals surface area contributed by atoms with Crippen molar-refractivity contribution in [1.29, 1.82) is 5.26 Å². The smallest absolute Gasteiger partial charge is 0.389 e. The normalized spacial score (nSPS) is 13.8. The van der Waals surface area contributed by atoms with Crippen LogP contribution in [0.1, 0.15) is 29.2 Å². The lowest BCUT2D eigenvalue weighted by atomic mass is 9.80. The highest BCUT2D eigenvalue weighted by Crippen LogP contribution is 2.36. The Hall–Kier alpha value is -2.51. The lowest BCUT2D eigenvalue weighted by Gasteiger charge is -2.25. The largest absolute Gasteiger partial charge is 0.416 e. The number of pyridine rings is 1. The first-order valence-corrected chi connectivity index (χ1v) is 9.57. The number of rotatable bonds is 4. The Kier molecular flexibility index (Phi) is 5.40. The molecule has 0 saturated carbocycles. The maximum atomic E-state index is 13.3. The van der Waals surface area contributed by atoms with E-state index in [1.165, 1.54) is 17.7 Å². The molecule has 0 saturated heterocycles. The molecule has 0 radical (unpaired) electrons. The third-order valence-corrected chi connectivity index (χ3v) is 5.72. The number of hydrogen-bond acceptors (Lipinski definition) is 4. The van der Waals surface area contributed by atoms with Crippen molar-refractivity contribution >= 4 is 44.2 Å². The Morgan fingerprint density at radius 3 is 2.66 bits per heavy atom. The number of nitriles is 1. The average molecular weight is 482 g/mol. The van der Waals surface area contributed by atoms with Gasteiger partial charge in [-0.05, 0) is 53.0 Å². The summed E-state index contributed by atoms with van der Waals surface area (Å²) in [6.45, 7) is 3.40. The number of fused-ring (bicyclic) bond motifs is 1. The predicted molar refractivity (Wildman–Crippen MR) is 110 cm³/mol. The van der Waals surface area contributed by atoms with Crippen molar-refractivity contribution < 1.29 is 13.2 Å². The first-order chi connectivity index (χ1) is 13.5. The Morgan fingerprint density at radius 2 is 2.07 bits per heavy atom. The van der Waals surface area contributed by atoms with Crippen molar-refractivity contribution in [3.8, 4) is 6.07 Å². The summed E-state index contributed by atoms with van der Waals surface area (Å²) in [7, 11) is 0. The molecule has 3 aromatic rings. The van der Waals surface area contributed by atoms with Crippen LogP contribution in [0.2, 0.25) is 0 Å². The number of thiocarbonyl (C=S) groups is 1. The molecule has 2 heterocycles. The molecule has 29 heavy (non-hydrogen) atoms. The molecular formula is C19H15BrF3N5S. The minimum Gasteiger partial charge on any atom is -0.389 e. The number of aromatic nitrogens is 3. The number of nitrogens with zero attached hydrogens (tertiary/aromatic N) is 4. The van der Waals surface area contributed by atoms with Gasteiger partial charge in [0.05, 0.1) is 29.8 Å². The molecule has 2 aromatic heterocycles. The van der Waals surface area contributed by atoms with E-state index in [-0.39, 0.29) is 22.7 Å². The fourth-order valence-corrected chi connectivity index (χ4v) is 3.55. The van der Waals surface area contributed by atoms with Crippen LogP contribution >= 0.6 is 28.1 Å². The van der Waals surface area contributed by atoms with Gasteiger partial charge >= 0.3 is 6.18 Å². The fourth-order valence-electron chi connectivity index (χ4n) is 3.09. The average Bonchev–Trinajstić information content (AvgIpc) is 3.06. The van der Waals surface area contributed by atoms with Gasteiger partial charge in [0.25, 0.3) is 0 Å². The zero-order chi connectivity index (χ0) is 21.6. The van der Waals surface area contributed by atoms with Crippen LogP contribution in [-0.4, -0.2) is 19.8 Å². The summed E-state index contributed by atoms with van der Waals surface area (Å²) in [4.78, 5) is 4.20. The van der Waals surface area contributed by atoms with E-state index in [2.05, 4.69) is 32.1 Å². The summed E-state index contributed by atoms with van der Waals surface area (Å²) in [5.41, 5.74) is 5.93. The molecule has 0 fully saturated rings. The van der Waals surface area contributed by atoms with Crippen molar-refractivity contribution in [3.63, 3.8) is 0 Å². The molecule has 150 valence electrons. The molecule has 0 aliphatic carbocycles. The molecule has 2 N–H and O–H groups in total. The maximum absolute atomic E-state index is 13.3. The number of nitrogens with two attached hydrogens (primary N) is 1. The highest BCUT2D eigenvalue weighted by atomic mass is 79.9. The van der Waals surface area contributed by atoms with Crippen LogP contribution in [0.5, 0.6) is 0 Å². The minimum absolute atomic E-state index is 0.00611. The standard InChI is InChI=1S/C19H15BrF3N5S/c1-10-14(20)6-26-15-7-28(27-16(10)15)9-18(2,8-24)13-5-11(19(21,22)23)3-4-12(13)17(25)29/h3-7H,9H2,1-2H3,(H2,25,29). The molecule has 5 nitrogen and oxygen atoms in total. The number of halogens is 4. The molecule has 0 amide bonds. The van der Waals surface area contributed by atoms with Crippen LogP contribution in [-0.2, 0) is 18.1 Å². The molecule has 1 aromatic carbocycles. The summed E-state index contributed by atoms with van der Waals surface area (Å²) < 4.78 is 42.1. The monoisotopic (exact) mass is 481 g/mol. The molecule has 1 unspecified atom stereocenters. The Balaban J connectivity index is 2.14. The van der Waals surface area contributed by atoms with Crippen molar-refractivity contribution in [2.45, 2.75) is 32.0 Å². The predicted octanol–water partition coefficient (Wildman–Crippen LogP) is 4.64. The van der Waals surface area contributed by atoms with Gasteiger partial charge in [-0.1, -0.05) is 18.3 Å². The zero-order valence-electron chi connectivity index (χ0n) is 15.4. The van der Waals surface area contributed by atoms with Crippen molar-refractivity contribution in [2.24, 2.45) is 5.73 Å². The van der Waals surface area contributed by atoms with Crippen LogP contribution in [0, 0.1) is 18.3 Å². The summed E-state index contributed by atoms with van der Waals surface area (Å²) in [5, 5.41) is 14.4. The summed E-state index contributed by atoms with van der Waals surface area (Å²) in [6.07, 6.45) is -1.27. The highest BCUT2D eigenvalue weighted by molar-refractivity contribution is 9.10. The van der Waals surface area contributed by atoms with Crippen LogP contribution in [0.25, 0.3) is 11.0 Å².